The van der Waals surface area contributed by atoms with Crippen LogP contribution in [0.15, 0.2) is 9.95 Å². The van der Waals surface area contributed by atoms with Crippen molar-refractivity contribution in [2.24, 2.45) is 0 Å². The number of likely N-dealkylation sites (tertiary alicyclic amines) is 1. The maximum atomic E-state index is 13.2. The summed E-state index contributed by atoms with van der Waals surface area (Å²) < 4.78 is 6.76. The van der Waals surface area contributed by atoms with Gasteiger partial charge in [0.1, 0.15) is 4.83 Å². The van der Waals surface area contributed by atoms with E-state index in [9.17, 15) is 14.4 Å². The maximum absolute atomic E-state index is 13.2. The molecule has 32 heavy (non-hydrogen) atoms. The highest BCUT2D eigenvalue weighted by atomic mass is 32.2. The van der Waals surface area contributed by atoms with Gasteiger partial charge in [0.2, 0.25) is 5.91 Å². The largest absolute Gasteiger partial charge is 0.450 e. The molecule has 0 atom stereocenters. The Hall–Kier alpha value is -2.07. The van der Waals surface area contributed by atoms with Crippen molar-refractivity contribution in [2.75, 3.05) is 25.4 Å². The second kappa shape index (κ2) is 11.2. The van der Waals surface area contributed by atoms with Crippen molar-refractivity contribution < 1.29 is 14.3 Å². The Morgan fingerprint density at radius 2 is 1.97 bits per heavy atom. The summed E-state index contributed by atoms with van der Waals surface area (Å²) in [6.07, 6.45) is 2.97. The molecule has 0 saturated carbocycles. The van der Waals surface area contributed by atoms with Gasteiger partial charge in [-0.2, -0.15) is 0 Å². The summed E-state index contributed by atoms with van der Waals surface area (Å²) in [6, 6.07) is 0.0362. The van der Waals surface area contributed by atoms with E-state index < -0.39 is 0 Å². The molecule has 176 valence electrons. The predicted octanol–water partition coefficient (Wildman–Crippen LogP) is 3.70. The molecule has 1 saturated heterocycles. The highest BCUT2D eigenvalue weighted by molar-refractivity contribution is 7.99. The molecule has 3 rings (SSSR count). The van der Waals surface area contributed by atoms with Crippen LogP contribution in [0.1, 0.15) is 50.0 Å². The van der Waals surface area contributed by atoms with Gasteiger partial charge in [0.25, 0.3) is 5.56 Å². The second-order valence-electron chi connectivity index (χ2n) is 7.98. The first-order chi connectivity index (χ1) is 15.3. The normalized spacial score (nSPS) is 14.7. The molecule has 1 aliphatic rings. The van der Waals surface area contributed by atoms with Gasteiger partial charge in [-0.15, -0.1) is 11.3 Å². The van der Waals surface area contributed by atoms with E-state index in [0.29, 0.717) is 49.6 Å². The molecule has 0 aromatic carbocycles. The average Bonchev–Trinajstić information content (AvgIpc) is 3.06. The number of nitrogens with one attached hydrogen (secondary N) is 1. The number of unbranched alkanes of at least 4 members (excludes halogenated alkanes) is 1. The van der Waals surface area contributed by atoms with Crippen molar-refractivity contribution in [3.63, 3.8) is 0 Å². The molecule has 8 nitrogen and oxygen atoms in total. The Morgan fingerprint density at radius 3 is 2.62 bits per heavy atom. The van der Waals surface area contributed by atoms with Crippen LogP contribution in [0.3, 0.4) is 0 Å². The van der Waals surface area contributed by atoms with E-state index in [-0.39, 0.29) is 29.4 Å². The number of carbonyl (C=O) groups excluding carboxylic acids is 2. The van der Waals surface area contributed by atoms with Crippen LogP contribution in [0.4, 0.5) is 4.79 Å². The fourth-order valence-electron chi connectivity index (χ4n) is 3.75. The Morgan fingerprint density at radius 1 is 1.25 bits per heavy atom. The van der Waals surface area contributed by atoms with Gasteiger partial charge in [0.05, 0.1) is 17.7 Å². The molecule has 0 radical (unpaired) electrons. The topological polar surface area (TPSA) is 93.5 Å². The van der Waals surface area contributed by atoms with Crippen molar-refractivity contribution in [3.05, 3.63) is 20.8 Å². The molecule has 0 bridgehead atoms. The summed E-state index contributed by atoms with van der Waals surface area (Å²) in [5, 5.41) is 4.36. The van der Waals surface area contributed by atoms with Crippen LogP contribution in [-0.2, 0) is 16.1 Å². The molecular weight excluding hydrogens is 448 g/mol. The van der Waals surface area contributed by atoms with Gasteiger partial charge in [0.15, 0.2) is 5.16 Å². The molecule has 10 heteroatoms. The molecule has 0 aliphatic carbocycles. The molecule has 1 N–H and O–H groups in total. The number of thioether (sulfide) groups is 1. The molecule has 1 aliphatic heterocycles. The number of nitrogens with zero attached hydrogens (tertiary/aromatic N) is 3. The summed E-state index contributed by atoms with van der Waals surface area (Å²) >= 11 is 2.84. The lowest BCUT2D eigenvalue weighted by Gasteiger charge is -2.31. The zero-order valence-corrected chi connectivity index (χ0v) is 20.9. The number of piperidine rings is 1. The van der Waals surface area contributed by atoms with Crippen molar-refractivity contribution in [1.82, 2.24) is 19.8 Å². The number of thiophene rings is 1. The lowest BCUT2D eigenvalue weighted by molar-refractivity contribution is -0.119. The van der Waals surface area contributed by atoms with Crippen LogP contribution in [-0.4, -0.2) is 57.9 Å². The van der Waals surface area contributed by atoms with E-state index in [1.807, 2.05) is 13.8 Å². The average molecular weight is 481 g/mol. The first-order valence-corrected chi connectivity index (χ1v) is 13.0. The zero-order chi connectivity index (χ0) is 23.3. The monoisotopic (exact) mass is 480 g/mol. The van der Waals surface area contributed by atoms with Crippen LogP contribution in [0.2, 0.25) is 0 Å². The minimum atomic E-state index is -0.293. The first kappa shape index (κ1) is 24.6. The lowest BCUT2D eigenvalue weighted by atomic mass is 10.1. The number of ether oxygens (including phenoxy) is 1. The van der Waals surface area contributed by atoms with E-state index in [1.54, 1.807) is 16.4 Å². The number of hydrogen-bond donors (Lipinski definition) is 1. The number of amides is 2. The second-order valence-corrected chi connectivity index (χ2v) is 10.1. The van der Waals surface area contributed by atoms with Gasteiger partial charge in [-0.3, -0.25) is 14.2 Å². The summed E-state index contributed by atoms with van der Waals surface area (Å²) in [5.74, 6) is 0.116. The third kappa shape index (κ3) is 5.64. The van der Waals surface area contributed by atoms with Gasteiger partial charge in [-0.05, 0) is 45.6 Å². The summed E-state index contributed by atoms with van der Waals surface area (Å²) in [7, 11) is 0. The van der Waals surface area contributed by atoms with E-state index >= 15 is 0 Å². The predicted molar refractivity (Wildman–Crippen MR) is 129 cm³/mol. The van der Waals surface area contributed by atoms with Crippen molar-refractivity contribution in [3.8, 4) is 0 Å². The first-order valence-electron chi connectivity index (χ1n) is 11.2. The number of rotatable bonds is 8. The van der Waals surface area contributed by atoms with E-state index in [2.05, 4.69) is 12.2 Å². The van der Waals surface area contributed by atoms with Crippen molar-refractivity contribution >= 4 is 45.3 Å². The Kier molecular flexibility index (Phi) is 8.58. The third-order valence-corrected chi connectivity index (χ3v) is 7.79. The fraction of sp³-hybridized carbons (Fsp3) is 0.636. The minimum absolute atomic E-state index is 0.0143. The molecule has 2 aromatic heterocycles. The number of carbonyl (C=O) groups is 2. The van der Waals surface area contributed by atoms with Gasteiger partial charge >= 0.3 is 6.09 Å². The molecule has 1 fully saturated rings. The van der Waals surface area contributed by atoms with Gasteiger partial charge < -0.3 is 15.0 Å². The molecule has 2 aromatic rings. The Balaban J connectivity index is 1.63. The van der Waals surface area contributed by atoms with Gasteiger partial charge in [-0.25, -0.2) is 9.78 Å². The fourth-order valence-corrected chi connectivity index (χ4v) is 5.66. The van der Waals surface area contributed by atoms with Crippen LogP contribution in [0.5, 0.6) is 0 Å². The number of fused-ring (bicyclic) bond motifs is 1. The molecule has 0 unspecified atom stereocenters. The highest BCUT2D eigenvalue weighted by Crippen LogP contribution is 2.28. The summed E-state index contributed by atoms with van der Waals surface area (Å²) in [5.41, 5.74) is 0.982. The maximum Gasteiger partial charge on any atom is 0.409 e. The highest BCUT2D eigenvalue weighted by Gasteiger charge is 2.25. The lowest BCUT2D eigenvalue weighted by Crippen LogP contribution is -2.47. The van der Waals surface area contributed by atoms with Crippen LogP contribution >= 0.6 is 23.1 Å². The smallest absolute Gasteiger partial charge is 0.409 e. The molecule has 3 heterocycles. The van der Waals surface area contributed by atoms with Gasteiger partial charge in [-0.1, -0.05) is 25.1 Å². The standard InChI is InChI=1S/C22H32N4O4S2/c1-5-7-10-26-20(28)18-14(3)15(4)32-19(18)24-21(26)31-13-17(27)23-16-8-11-25(12-9-16)22(29)30-6-2/h16H,5-13H2,1-4H3,(H,23,27). The molecule has 2 amide bonds. The van der Waals surface area contributed by atoms with Crippen molar-refractivity contribution in [1.29, 1.82) is 0 Å². The van der Waals surface area contributed by atoms with Gasteiger partial charge in [0, 0.05) is 30.6 Å². The third-order valence-electron chi connectivity index (χ3n) is 5.71. The SMILES string of the molecule is CCCCn1c(SCC(=O)NC2CCN(C(=O)OCC)CC2)nc2sc(C)c(C)c2c1=O. The number of aromatic nitrogens is 2. The van der Waals surface area contributed by atoms with E-state index in [0.717, 1.165) is 28.1 Å². The van der Waals surface area contributed by atoms with Crippen LogP contribution < -0.4 is 10.9 Å². The van der Waals surface area contributed by atoms with Crippen LogP contribution in [0, 0.1) is 13.8 Å². The van der Waals surface area contributed by atoms with Crippen molar-refractivity contribution in [2.45, 2.75) is 71.1 Å². The summed E-state index contributed by atoms with van der Waals surface area (Å²) in [6.45, 7) is 9.96. The van der Waals surface area contributed by atoms with Crippen LogP contribution in [0.25, 0.3) is 10.2 Å². The zero-order valence-electron chi connectivity index (χ0n) is 19.2. The number of hydrogen-bond acceptors (Lipinski definition) is 7. The van der Waals surface area contributed by atoms with E-state index in [1.165, 1.54) is 23.1 Å². The molecule has 0 spiro atoms. The summed E-state index contributed by atoms with van der Waals surface area (Å²) in [4.78, 5) is 45.8. The Bertz CT molecular complexity index is 1030. The minimum Gasteiger partial charge on any atom is -0.450 e. The number of aryl methyl sites for hydroxylation is 2. The Labute approximate surface area is 196 Å². The quantitative estimate of drug-likeness (QED) is 0.457. The van der Waals surface area contributed by atoms with E-state index in [4.69, 9.17) is 9.72 Å². The molecular formula is C22H32N4O4S2.